The zero-order valence-electron chi connectivity index (χ0n) is 17.5. The van der Waals surface area contributed by atoms with Crippen molar-refractivity contribution in [1.82, 2.24) is 0 Å². The molecule has 3 aromatic carbocycles. The Labute approximate surface area is 183 Å². The largest absolute Gasteiger partial charge is 0.394 e. The molecule has 0 heterocycles. The predicted octanol–water partition coefficient (Wildman–Crippen LogP) is 3.73. The average molecular weight is 423 g/mol. The summed E-state index contributed by atoms with van der Waals surface area (Å²) in [5.74, 6) is 0. The monoisotopic (exact) mass is 422 g/mol. The Hall–Kier alpha value is -2.54. The Morgan fingerprint density at radius 1 is 0.613 bits per heavy atom. The van der Waals surface area contributed by atoms with Crippen molar-refractivity contribution in [3.05, 3.63) is 108 Å². The van der Waals surface area contributed by atoms with Crippen LogP contribution in [0.4, 0.5) is 0 Å². The minimum absolute atomic E-state index is 0.0690. The van der Waals surface area contributed by atoms with Gasteiger partial charge in [0.25, 0.3) is 0 Å². The normalized spacial score (nSPS) is 14.1. The second kappa shape index (κ2) is 13.0. The van der Waals surface area contributed by atoms with Gasteiger partial charge in [0.2, 0.25) is 0 Å². The maximum Gasteiger partial charge on any atom is 0.114 e. The number of aliphatic hydroxyl groups is 2. The third kappa shape index (κ3) is 7.90. The Balaban J connectivity index is 1.61. The van der Waals surface area contributed by atoms with Gasteiger partial charge in [0, 0.05) is 0 Å². The van der Waals surface area contributed by atoms with Crippen LogP contribution in [0.2, 0.25) is 0 Å². The fourth-order valence-corrected chi connectivity index (χ4v) is 3.23. The van der Waals surface area contributed by atoms with Crippen molar-refractivity contribution in [1.29, 1.82) is 0 Å². The van der Waals surface area contributed by atoms with Gasteiger partial charge in [-0.05, 0) is 16.7 Å². The van der Waals surface area contributed by atoms with Gasteiger partial charge in [-0.1, -0.05) is 91.0 Å². The van der Waals surface area contributed by atoms with Crippen molar-refractivity contribution >= 4 is 0 Å². The van der Waals surface area contributed by atoms with Crippen LogP contribution >= 0.6 is 0 Å². The van der Waals surface area contributed by atoms with Crippen LogP contribution in [-0.4, -0.2) is 41.7 Å². The highest BCUT2D eigenvalue weighted by molar-refractivity contribution is 5.15. The van der Waals surface area contributed by atoms with Crippen LogP contribution in [0, 0.1) is 0 Å². The molecule has 0 fully saturated rings. The lowest BCUT2D eigenvalue weighted by Gasteiger charge is -2.30. The highest BCUT2D eigenvalue weighted by atomic mass is 16.6. The van der Waals surface area contributed by atoms with Gasteiger partial charge in [-0.3, -0.25) is 0 Å². The Morgan fingerprint density at radius 2 is 1.06 bits per heavy atom. The second-order valence-corrected chi connectivity index (χ2v) is 7.35. The topological polar surface area (TPSA) is 68.2 Å². The highest BCUT2D eigenvalue weighted by Gasteiger charge is 2.30. The SMILES string of the molecule is OCC(OCc1ccccc1)C(OCc1ccccc1)[C@H](O)COCc1ccccc1. The minimum Gasteiger partial charge on any atom is -0.394 e. The standard InChI is InChI=1S/C26H30O5/c27-16-25(30-18-22-12-6-2-7-13-22)26(31-19-23-14-8-3-9-15-23)24(28)20-29-17-21-10-4-1-5-11-21/h1-15,24-28H,16-20H2/t24-,25?,26?/m1/s1. The van der Waals surface area contributed by atoms with E-state index in [0.717, 1.165) is 16.7 Å². The van der Waals surface area contributed by atoms with Crippen molar-refractivity contribution in [3.63, 3.8) is 0 Å². The molecule has 0 saturated heterocycles. The van der Waals surface area contributed by atoms with Crippen LogP contribution in [-0.2, 0) is 34.0 Å². The van der Waals surface area contributed by atoms with Gasteiger partial charge < -0.3 is 24.4 Å². The maximum atomic E-state index is 10.8. The summed E-state index contributed by atoms with van der Waals surface area (Å²) < 4.78 is 17.6. The summed E-state index contributed by atoms with van der Waals surface area (Å²) in [5.41, 5.74) is 2.98. The smallest absolute Gasteiger partial charge is 0.114 e. The zero-order chi connectivity index (χ0) is 21.7. The molecule has 2 N–H and O–H groups in total. The lowest BCUT2D eigenvalue weighted by Crippen LogP contribution is -2.45. The molecule has 164 valence electrons. The van der Waals surface area contributed by atoms with Crippen LogP contribution in [0.15, 0.2) is 91.0 Å². The maximum absolute atomic E-state index is 10.8. The van der Waals surface area contributed by atoms with Gasteiger partial charge in [0.1, 0.15) is 18.3 Å². The molecule has 2 unspecified atom stereocenters. The zero-order valence-corrected chi connectivity index (χ0v) is 17.5. The molecular weight excluding hydrogens is 392 g/mol. The quantitative estimate of drug-likeness (QED) is 0.439. The Morgan fingerprint density at radius 3 is 1.55 bits per heavy atom. The summed E-state index contributed by atoms with van der Waals surface area (Å²) in [6.07, 6.45) is -2.40. The van der Waals surface area contributed by atoms with Gasteiger partial charge in [0.05, 0.1) is 33.0 Å². The molecule has 0 aliphatic rings. The van der Waals surface area contributed by atoms with Gasteiger partial charge >= 0.3 is 0 Å². The van der Waals surface area contributed by atoms with E-state index in [-0.39, 0.29) is 13.2 Å². The number of aliphatic hydroxyl groups excluding tert-OH is 2. The summed E-state index contributed by atoms with van der Waals surface area (Å²) in [7, 11) is 0. The number of benzene rings is 3. The van der Waals surface area contributed by atoms with Crippen molar-refractivity contribution in [2.45, 2.75) is 38.1 Å². The van der Waals surface area contributed by atoms with E-state index in [2.05, 4.69) is 0 Å². The molecule has 0 aromatic heterocycles. The van der Waals surface area contributed by atoms with Crippen molar-refractivity contribution in [3.8, 4) is 0 Å². The van der Waals surface area contributed by atoms with Crippen LogP contribution in [0.1, 0.15) is 16.7 Å². The first-order valence-electron chi connectivity index (χ1n) is 10.5. The van der Waals surface area contributed by atoms with E-state index in [1.54, 1.807) is 0 Å². The third-order valence-corrected chi connectivity index (χ3v) is 4.92. The molecule has 0 aliphatic heterocycles. The van der Waals surface area contributed by atoms with E-state index in [1.807, 2.05) is 91.0 Å². The van der Waals surface area contributed by atoms with E-state index in [1.165, 1.54) is 0 Å². The average Bonchev–Trinajstić information content (AvgIpc) is 2.83. The van der Waals surface area contributed by atoms with Crippen LogP contribution < -0.4 is 0 Å². The molecule has 0 saturated carbocycles. The molecular formula is C26H30O5. The molecule has 3 aromatic rings. The molecule has 0 aliphatic carbocycles. The third-order valence-electron chi connectivity index (χ3n) is 4.92. The first-order valence-corrected chi connectivity index (χ1v) is 10.5. The van der Waals surface area contributed by atoms with E-state index in [9.17, 15) is 10.2 Å². The summed E-state index contributed by atoms with van der Waals surface area (Å²) in [4.78, 5) is 0. The van der Waals surface area contributed by atoms with Gasteiger partial charge in [-0.25, -0.2) is 0 Å². The predicted molar refractivity (Wildman–Crippen MR) is 119 cm³/mol. The lowest BCUT2D eigenvalue weighted by molar-refractivity contribution is -0.157. The molecule has 0 radical (unpaired) electrons. The summed E-state index contributed by atoms with van der Waals surface area (Å²) in [5, 5.41) is 20.8. The van der Waals surface area contributed by atoms with Crippen LogP contribution in [0.5, 0.6) is 0 Å². The Bertz CT molecular complexity index is 841. The van der Waals surface area contributed by atoms with Gasteiger partial charge in [-0.15, -0.1) is 0 Å². The van der Waals surface area contributed by atoms with Gasteiger partial charge in [0.15, 0.2) is 0 Å². The highest BCUT2D eigenvalue weighted by Crippen LogP contribution is 2.16. The number of ether oxygens (including phenoxy) is 3. The molecule has 3 rings (SSSR count). The van der Waals surface area contributed by atoms with E-state index < -0.39 is 18.3 Å². The number of hydrogen-bond donors (Lipinski definition) is 2. The van der Waals surface area contributed by atoms with Crippen molar-refractivity contribution < 1.29 is 24.4 Å². The molecule has 3 atom stereocenters. The first kappa shape index (κ1) is 23.1. The number of rotatable bonds is 13. The van der Waals surface area contributed by atoms with E-state index >= 15 is 0 Å². The summed E-state index contributed by atoms with van der Waals surface area (Å²) in [6.45, 7) is 0.793. The van der Waals surface area contributed by atoms with E-state index in [4.69, 9.17) is 14.2 Å². The first-order chi connectivity index (χ1) is 15.3. The van der Waals surface area contributed by atoms with Crippen molar-refractivity contribution in [2.24, 2.45) is 0 Å². The minimum atomic E-state index is -0.958. The molecule has 0 spiro atoms. The molecule has 0 bridgehead atoms. The fraction of sp³-hybridized carbons (Fsp3) is 0.308. The number of hydrogen-bond acceptors (Lipinski definition) is 5. The molecule has 0 amide bonds. The Kier molecular flexibility index (Phi) is 9.70. The molecule has 5 nitrogen and oxygen atoms in total. The molecule has 5 heteroatoms. The van der Waals surface area contributed by atoms with E-state index in [0.29, 0.717) is 19.8 Å². The van der Waals surface area contributed by atoms with Crippen LogP contribution in [0.25, 0.3) is 0 Å². The lowest BCUT2D eigenvalue weighted by atomic mass is 10.1. The molecule has 31 heavy (non-hydrogen) atoms. The summed E-state index contributed by atoms with van der Waals surface area (Å²) >= 11 is 0. The van der Waals surface area contributed by atoms with Crippen LogP contribution in [0.3, 0.4) is 0 Å². The fourth-order valence-electron chi connectivity index (χ4n) is 3.23. The van der Waals surface area contributed by atoms with Crippen molar-refractivity contribution in [2.75, 3.05) is 13.2 Å². The summed E-state index contributed by atoms with van der Waals surface area (Å²) in [6, 6.07) is 29.2. The van der Waals surface area contributed by atoms with Gasteiger partial charge in [-0.2, -0.15) is 0 Å². The second-order valence-electron chi connectivity index (χ2n) is 7.35.